The number of Topliss-reactive ketones (excluding diaryl/α,β-unsaturated/α-hetero) is 1. The van der Waals surface area contributed by atoms with E-state index in [0.29, 0.717) is 42.2 Å². The molecular weight excluding hydrogens is 456 g/mol. The van der Waals surface area contributed by atoms with Crippen LogP contribution in [0.1, 0.15) is 56.3 Å². The molecule has 0 radical (unpaired) electrons. The topological polar surface area (TPSA) is 79.3 Å². The van der Waals surface area contributed by atoms with Crippen LogP contribution in [0.25, 0.3) is 5.76 Å². The Morgan fingerprint density at radius 3 is 2.33 bits per heavy atom. The van der Waals surface area contributed by atoms with Crippen molar-refractivity contribution >= 4 is 17.4 Å². The van der Waals surface area contributed by atoms with Crippen LogP contribution in [0.5, 0.6) is 11.5 Å². The highest BCUT2D eigenvalue weighted by Crippen LogP contribution is 2.42. The van der Waals surface area contributed by atoms with E-state index >= 15 is 0 Å². The minimum absolute atomic E-state index is 0.0935. The Labute approximate surface area is 214 Å². The second-order valence-electron chi connectivity index (χ2n) is 9.00. The van der Waals surface area contributed by atoms with Gasteiger partial charge in [-0.3, -0.25) is 9.59 Å². The smallest absolute Gasteiger partial charge is 0.295 e. The molecule has 3 rings (SSSR count). The number of carbonyl (C=O) groups is 2. The Balaban J connectivity index is 2.07. The van der Waals surface area contributed by atoms with Crippen molar-refractivity contribution in [3.05, 3.63) is 64.7 Å². The number of aliphatic hydroxyl groups excluding tert-OH is 1. The van der Waals surface area contributed by atoms with Crippen LogP contribution in [-0.2, 0) is 9.59 Å². The van der Waals surface area contributed by atoms with E-state index in [9.17, 15) is 14.7 Å². The molecule has 1 saturated heterocycles. The summed E-state index contributed by atoms with van der Waals surface area (Å²) >= 11 is 0. The lowest BCUT2D eigenvalue weighted by atomic mass is 9.94. The maximum Gasteiger partial charge on any atom is 0.295 e. The van der Waals surface area contributed by atoms with Crippen molar-refractivity contribution in [1.29, 1.82) is 0 Å². The Morgan fingerprint density at radius 2 is 1.72 bits per heavy atom. The van der Waals surface area contributed by atoms with Gasteiger partial charge < -0.3 is 24.4 Å². The number of aliphatic hydroxyl groups is 1. The van der Waals surface area contributed by atoms with Gasteiger partial charge in [0, 0.05) is 12.1 Å². The molecule has 0 unspecified atom stereocenters. The summed E-state index contributed by atoms with van der Waals surface area (Å²) in [4.78, 5) is 30.4. The monoisotopic (exact) mass is 494 g/mol. The Hall–Kier alpha value is -3.32. The van der Waals surface area contributed by atoms with Gasteiger partial charge in [-0.2, -0.15) is 0 Å². The lowest BCUT2D eigenvalue weighted by molar-refractivity contribution is -0.140. The van der Waals surface area contributed by atoms with Crippen molar-refractivity contribution < 1.29 is 24.2 Å². The lowest BCUT2D eigenvalue weighted by Gasteiger charge is -2.27. The fourth-order valence-corrected chi connectivity index (χ4v) is 4.51. The maximum atomic E-state index is 13.3. The van der Waals surface area contributed by atoms with Gasteiger partial charge in [0.25, 0.3) is 11.7 Å². The fraction of sp³-hybridized carbons (Fsp3) is 0.448. The van der Waals surface area contributed by atoms with E-state index in [1.165, 1.54) is 0 Å². The second-order valence-corrected chi connectivity index (χ2v) is 9.00. The predicted octanol–water partition coefficient (Wildman–Crippen LogP) is 4.95. The third-order valence-corrected chi connectivity index (χ3v) is 6.60. The van der Waals surface area contributed by atoms with Crippen molar-refractivity contribution in [3.8, 4) is 11.5 Å². The molecule has 0 bridgehead atoms. The average molecular weight is 495 g/mol. The molecule has 0 aliphatic carbocycles. The highest BCUT2D eigenvalue weighted by atomic mass is 16.5. The first-order valence-corrected chi connectivity index (χ1v) is 12.7. The SMILES string of the molecule is CCCOc1ccc([C@H]2C(=C(O)c3ccc(C)cc3)C(=O)C(=O)N2CCCN(CC)CC)cc1OC. The number of benzene rings is 2. The molecule has 0 spiro atoms. The molecule has 0 saturated carbocycles. The van der Waals surface area contributed by atoms with Crippen LogP contribution in [0.2, 0.25) is 0 Å². The summed E-state index contributed by atoms with van der Waals surface area (Å²) < 4.78 is 11.4. The number of aryl methyl sites for hydroxylation is 1. The zero-order valence-corrected chi connectivity index (χ0v) is 22.0. The molecule has 7 heteroatoms. The van der Waals surface area contributed by atoms with Crippen molar-refractivity contribution in [2.24, 2.45) is 0 Å². The molecule has 1 N–H and O–H groups in total. The average Bonchev–Trinajstić information content (AvgIpc) is 3.14. The van der Waals surface area contributed by atoms with Gasteiger partial charge in [-0.1, -0.05) is 56.7 Å². The van der Waals surface area contributed by atoms with Gasteiger partial charge in [0.1, 0.15) is 5.76 Å². The van der Waals surface area contributed by atoms with Gasteiger partial charge in [0.05, 0.1) is 25.3 Å². The summed E-state index contributed by atoms with van der Waals surface area (Å²) in [5.41, 5.74) is 2.32. The first kappa shape index (κ1) is 27.3. The van der Waals surface area contributed by atoms with Crippen LogP contribution in [0.4, 0.5) is 0 Å². The van der Waals surface area contributed by atoms with Crippen LogP contribution in [-0.4, -0.2) is 66.5 Å². The van der Waals surface area contributed by atoms with Gasteiger partial charge in [-0.05, 0) is 57.1 Å². The molecule has 194 valence electrons. The third kappa shape index (κ3) is 5.90. The Bertz CT molecular complexity index is 1090. The van der Waals surface area contributed by atoms with Crippen LogP contribution < -0.4 is 9.47 Å². The molecule has 1 amide bonds. The first-order chi connectivity index (χ1) is 17.4. The Morgan fingerprint density at radius 1 is 1.03 bits per heavy atom. The number of methoxy groups -OCH3 is 1. The van der Waals surface area contributed by atoms with Crippen molar-refractivity contribution in [3.63, 3.8) is 0 Å². The van der Waals surface area contributed by atoms with Gasteiger partial charge in [-0.15, -0.1) is 0 Å². The number of rotatable bonds is 12. The summed E-state index contributed by atoms with van der Waals surface area (Å²) in [7, 11) is 1.56. The minimum Gasteiger partial charge on any atom is -0.507 e. The molecule has 1 fully saturated rings. The molecule has 2 aromatic carbocycles. The number of amides is 1. The number of hydrogen-bond donors (Lipinski definition) is 1. The van der Waals surface area contributed by atoms with Crippen molar-refractivity contribution in [2.45, 2.75) is 46.6 Å². The molecule has 1 heterocycles. The normalized spacial score (nSPS) is 17.2. The van der Waals surface area contributed by atoms with Gasteiger partial charge in [-0.25, -0.2) is 0 Å². The second kappa shape index (κ2) is 12.6. The number of likely N-dealkylation sites (tertiary alicyclic amines) is 1. The van der Waals surface area contributed by atoms with E-state index < -0.39 is 17.7 Å². The standard InChI is InChI=1S/C29H38N2O5/c1-6-18-36-23-15-14-22(19-24(23)35-5)26-25(27(32)21-12-10-20(4)11-13-21)28(33)29(34)31(26)17-9-16-30(7-2)8-3/h10-15,19,26,32H,6-9,16-18H2,1-5H3/t26-/m0/s1. The number of ether oxygens (including phenoxy) is 2. The van der Waals surface area contributed by atoms with Gasteiger partial charge >= 0.3 is 0 Å². The van der Waals surface area contributed by atoms with Gasteiger partial charge in [0.2, 0.25) is 0 Å². The molecular formula is C29H38N2O5. The minimum atomic E-state index is -0.725. The van der Waals surface area contributed by atoms with Crippen LogP contribution in [0.3, 0.4) is 0 Å². The summed E-state index contributed by atoms with van der Waals surface area (Å²) in [6.07, 6.45) is 1.57. The summed E-state index contributed by atoms with van der Waals surface area (Å²) in [5.74, 6) is -0.329. The Kier molecular flexibility index (Phi) is 9.53. The summed E-state index contributed by atoms with van der Waals surface area (Å²) in [6, 6.07) is 12.0. The van der Waals surface area contributed by atoms with Crippen molar-refractivity contribution in [1.82, 2.24) is 9.80 Å². The number of nitrogens with zero attached hydrogens (tertiary/aromatic N) is 2. The zero-order valence-electron chi connectivity index (χ0n) is 22.0. The van der Waals surface area contributed by atoms with E-state index in [2.05, 4.69) is 18.7 Å². The van der Waals surface area contributed by atoms with E-state index in [1.54, 1.807) is 36.3 Å². The number of carbonyl (C=O) groups excluding carboxylic acids is 2. The van der Waals surface area contributed by atoms with E-state index in [-0.39, 0.29) is 11.3 Å². The first-order valence-electron chi connectivity index (χ1n) is 12.7. The number of hydrogen-bond acceptors (Lipinski definition) is 6. The highest BCUT2D eigenvalue weighted by Gasteiger charge is 2.46. The predicted molar refractivity (Wildman–Crippen MR) is 141 cm³/mol. The largest absolute Gasteiger partial charge is 0.507 e. The van der Waals surface area contributed by atoms with Gasteiger partial charge in [0.15, 0.2) is 11.5 Å². The molecule has 0 aromatic heterocycles. The third-order valence-electron chi connectivity index (χ3n) is 6.60. The molecule has 36 heavy (non-hydrogen) atoms. The quantitative estimate of drug-likeness (QED) is 0.256. The molecule has 1 aliphatic rings. The molecule has 7 nitrogen and oxygen atoms in total. The summed E-state index contributed by atoms with van der Waals surface area (Å²) in [6.45, 7) is 11.8. The van der Waals surface area contributed by atoms with Crippen molar-refractivity contribution in [2.75, 3.05) is 39.9 Å². The highest BCUT2D eigenvalue weighted by molar-refractivity contribution is 6.46. The molecule has 2 aromatic rings. The molecule has 1 atom stereocenters. The zero-order chi connectivity index (χ0) is 26.2. The van der Waals surface area contributed by atoms with E-state index in [0.717, 1.165) is 31.6 Å². The molecule has 1 aliphatic heterocycles. The van der Waals surface area contributed by atoms with Crippen LogP contribution in [0, 0.1) is 6.92 Å². The van der Waals surface area contributed by atoms with E-state index in [1.807, 2.05) is 32.0 Å². The van der Waals surface area contributed by atoms with Crippen LogP contribution in [0.15, 0.2) is 48.0 Å². The maximum absolute atomic E-state index is 13.3. The number of ketones is 1. The lowest BCUT2D eigenvalue weighted by Crippen LogP contribution is -2.33. The fourth-order valence-electron chi connectivity index (χ4n) is 4.51. The van der Waals surface area contributed by atoms with Crippen LogP contribution >= 0.6 is 0 Å². The summed E-state index contributed by atoms with van der Waals surface area (Å²) in [5, 5.41) is 11.3. The van der Waals surface area contributed by atoms with E-state index in [4.69, 9.17) is 9.47 Å².